The van der Waals surface area contributed by atoms with E-state index in [4.69, 9.17) is 5.11 Å². The number of hydrogen-bond acceptors (Lipinski definition) is 2. The summed E-state index contributed by atoms with van der Waals surface area (Å²) in [6, 6.07) is 0. The van der Waals surface area contributed by atoms with Crippen molar-refractivity contribution in [2.24, 2.45) is 5.41 Å². The summed E-state index contributed by atoms with van der Waals surface area (Å²) in [4.78, 5) is 12.0. The Balaban J connectivity index is 2.11. The Labute approximate surface area is 77.2 Å². The van der Waals surface area contributed by atoms with E-state index in [1.165, 1.54) is 4.90 Å². The van der Waals surface area contributed by atoms with Gasteiger partial charge in [-0.25, -0.2) is 4.79 Å². The van der Waals surface area contributed by atoms with Crippen LogP contribution in [0.15, 0.2) is 0 Å². The average Bonchev–Trinajstić information content (AvgIpc) is 2.63. The van der Waals surface area contributed by atoms with Gasteiger partial charge >= 0.3 is 6.09 Å². The van der Waals surface area contributed by atoms with Crippen LogP contribution in [0.3, 0.4) is 0 Å². The molecule has 0 bridgehead atoms. The molecule has 74 valence electrons. The van der Waals surface area contributed by atoms with Gasteiger partial charge in [-0.15, -0.1) is 0 Å². The fraction of sp³-hybridized carbons (Fsp3) is 0.889. The molecule has 4 heteroatoms. The average molecular weight is 185 g/mol. The van der Waals surface area contributed by atoms with Gasteiger partial charge in [0.2, 0.25) is 0 Å². The number of aliphatic hydroxyl groups excluding tert-OH is 1. The van der Waals surface area contributed by atoms with Crippen molar-refractivity contribution in [1.82, 2.24) is 4.90 Å². The predicted molar refractivity (Wildman–Crippen MR) is 46.5 cm³/mol. The number of carboxylic acid groups (broad SMARTS) is 1. The molecule has 0 aromatic rings. The molecule has 1 amide bonds. The van der Waals surface area contributed by atoms with Crippen LogP contribution in [-0.2, 0) is 0 Å². The molecular formula is C9H15NO3. The van der Waals surface area contributed by atoms with E-state index in [2.05, 4.69) is 0 Å². The molecule has 2 fully saturated rings. The van der Waals surface area contributed by atoms with Crippen molar-refractivity contribution < 1.29 is 15.0 Å². The zero-order valence-corrected chi connectivity index (χ0v) is 7.57. The second-order valence-corrected chi connectivity index (χ2v) is 4.25. The highest BCUT2D eigenvalue weighted by atomic mass is 16.4. The first-order valence-corrected chi connectivity index (χ1v) is 4.80. The number of carbonyl (C=O) groups is 1. The minimum Gasteiger partial charge on any atom is -0.465 e. The van der Waals surface area contributed by atoms with Gasteiger partial charge in [-0.3, -0.25) is 0 Å². The maximum absolute atomic E-state index is 10.7. The second-order valence-electron chi connectivity index (χ2n) is 4.25. The van der Waals surface area contributed by atoms with Crippen molar-refractivity contribution >= 4 is 6.09 Å². The molecule has 1 aliphatic heterocycles. The molecule has 1 aliphatic carbocycles. The van der Waals surface area contributed by atoms with Crippen molar-refractivity contribution in [3.05, 3.63) is 0 Å². The third-order valence-corrected chi connectivity index (χ3v) is 3.48. The number of hydrogen-bond donors (Lipinski definition) is 2. The van der Waals surface area contributed by atoms with Crippen LogP contribution in [0.5, 0.6) is 0 Å². The minimum atomic E-state index is -0.900. The number of aliphatic hydroxyl groups is 1. The number of rotatable bonds is 0. The maximum Gasteiger partial charge on any atom is 0.407 e. The van der Waals surface area contributed by atoms with E-state index in [-0.39, 0.29) is 5.41 Å². The molecule has 0 aromatic heterocycles. The topological polar surface area (TPSA) is 60.8 Å². The molecule has 1 saturated carbocycles. The van der Waals surface area contributed by atoms with Gasteiger partial charge in [-0.2, -0.15) is 0 Å². The Morgan fingerprint density at radius 1 is 1.38 bits per heavy atom. The lowest BCUT2D eigenvalue weighted by molar-refractivity contribution is 0.0741. The second kappa shape index (κ2) is 2.87. The third kappa shape index (κ3) is 1.29. The van der Waals surface area contributed by atoms with E-state index < -0.39 is 12.2 Å². The predicted octanol–water partition coefficient (Wildman–Crippen LogP) is 0.901. The fourth-order valence-corrected chi connectivity index (χ4v) is 2.67. The lowest BCUT2D eigenvalue weighted by Crippen LogP contribution is -2.31. The molecule has 0 radical (unpaired) electrons. The summed E-state index contributed by atoms with van der Waals surface area (Å²) in [5, 5.41) is 18.6. The lowest BCUT2D eigenvalue weighted by atomic mass is 9.83. The summed E-state index contributed by atoms with van der Waals surface area (Å²) in [5.74, 6) is 0. The maximum atomic E-state index is 10.7. The SMILES string of the molecule is O=C(O)N1CC(O)C2(CCCC2)C1. The molecule has 0 aromatic carbocycles. The molecular weight excluding hydrogens is 170 g/mol. The van der Waals surface area contributed by atoms with E-state index in [1.54, 1.807) is 0 Å². The van der Waals surface area contributed by atoms with Crippen molar-refractivity contribution in [2.45, 2.75) is 31.8 Å². The Bertz CT molecular complexity index is 223. The largest absolute Gasteiger partial charge is 0.465 e. The van der Waals surface area contributed by atoms with Crippen molar-refractivity contribution in [3.63, 3.8) is 0 Å². The first-order valence-electron chi connectivity index (χ1n) is 4.80. The van der Waals surface area contributed by atoms with Crippen LogP contribution in [0.1, 0.15) is 25.7 Å². The van der Waals surface area contributed by atoms with Crippen LogP contribution in [-0.4, -0.2) is 40.4 Å². The highest BCUT2D eigenvalue weighted by Crippen LogP contribution is 2.45. The van der Waals surface area contributed by atoms with Crippen LogP contribution in [0.25, 0.3) is 0 Å². The van der Waals surface area contributed by atoms with Crippen LogP contribution in [0.2, 0.25) is 0 Å². The van der Waals surface area contributed by atoms with Gasteiger partial charge in [0, 0.05) is 12.0 Å². The molecule has 2 rings (SSSR count). The molecule has 2 aliphatic rings. The van der Waals surface area contributed by atoms with E-state index in [9.17, 15) is 9.90 Å². The van der Waals surface area contributed by atoms with Crippen LogP contribution >= 0.6 is 0 Å². The molecule has 1 heterocycles. The number of nitrogens with zero attached hydrogens (tertiary/aromatic N) is 1. The molecule has 1 atom stereocenters. The van der Waals surface area contributed by atoms with Gasteiger partial charge < -0.3 is 15.1 Å². The Morgan fingerprint density at radius 2 is 2.00 bits per heavy atom. The summed E-state index contributed by atoms with van der Waals surface area (Å²) >= 11 is 0. The Morgan fingerprint density at radius 3 is 2.46 bits per heavy atom. The van der Waals surface area contributed by atoms with Gasteiger partial charge in [0.1, 0.15) is 0 Å². The zero-order chi connectivity index (χ0) is 9.47. The van der Waals surface area contributed by atoms with E-state index in [0.717, 1.165) is 25.7 Å². The molecule has 1 saturated heterocycles. The number of likely N-dealkylation sites (tertiary alicyclic amines) is 1. The van der Waals surface area contributed by atoms with Crippen molar-refractivity contribution in [1.29, 1.82) is 0 Å². The summed E-state index contributed by atoms with van der Waals surface area (Å²) in [6.07, 6.45) is 2.89. The molecule has 4 nitrogen and oxygen atoms in total. The van der Waals surface area contributed by atoms with Gasteiger partial charge in [-0.1, -0.05) is 12.8 Å². The highest BCUT2D eigenvalue weighted by Gasteiger charge is 2.48. The van der Waals surface area contributed by atoms with Crippen LogP contribution in [0, 0.1) is 5.41 Å². The summed E-state index contributed by atoms with van der Waals surface area (Å²) in [5.41, 5.74) is -0.0988. The first-order chi connectivity index (χ1) is 6.14. The normalized spacial score (nSPS) is 31.5. The first kappa shape index (κ1) is 8.81. The van der Waals surface area contributed by atoms with Crippen LogP contribution in [0.4, 0.5) is 4.79 Å². The van der Waals surface area contributed by atoms with E-state index in [0.29, 0.717) is 13.1 Å². The van der Waals surface area contributed by atoms with Gasteiger partial charge in [0.05, 0.1) is 12.6 Å². The smallest absolute Gasteiger partial charge is 0.407 e. The van der Waals surface area contributed by atoms with Crippen molar-refractivity contribution in [3.8, 4) is 0 Å². The minimum absolute atomic E-state index is 0.0988. The number of β-amino-alcohol motifs (C(OH)–C–C–N with tert-alkyl or cyclic N) is 1. The zero-order valence-electron chi connectivity index (χ0n) is 7.57. The van der Waals surface area contributed by atoms with Gasteiger partial charge in [0.25, 0.3) is 0 Å². The van der Waals surface area contributed by atoms with Gasteiger partial charge in [-0.05, 0) is 12.8 Å². The Kier molecular flexibility index (Phi) is 1.95. The fourth-order valence-electron chi connectivity index (χ4n) is 2.67. The third-order valence-electron chi connectivity index (χ3n) is 3.48. The summed E-state index contributed by atoms with van der Waals surface area (Å²) < 4.78 is 0. The van der Waals surface area contributed by atoms with E-state index in [1.807, 2.05) is 0 Å². The van der Waals surface area contributed by atoms with Crippen LogP contribution < -0.4 is 0 Å². The monoisotopic (exact) mass is 185 g/mol. The molecule has 1 unspecified atom stereocenters. The van der Waals surface area contributed by atoms with Crippen molar-refractivity contribution in [2.75, 3.05) is 13.1 Å². The molecule has 1 spiro atoms. The Hall–Kier alpha value is -0.770. The highest BCUT2D eigenvalue weighted by molar-refractivity contribution is 5.65. The quantitative estimate of drug-likeness (QED) is 0.589. The van der Waals surface area contributed by atoms with Gasteiger partial charge in [0.15, 0.2) is 0 Å². The summed E-state index contributed by atoms with van der Waals surface area (Å²) in [6.45, 7) is 0.832. The number of amides is 1. The molecule has 13 heavy (non-hydrogen) atoms. The van der Waals surface area contributed by atoms with E-state index >= 15 is 0 Å². The molecule has 2 N–H and O–H groups in total. The summed E-state index contributed by atoms with van der Waals surface area (Å²) in [7, 11) is 0. The lowest BCUT2D eigenvalue weighted by Gasteiger charge is -2.25. The standard InChI is InChI=1S/C9H15NO3/c11-7-5-10(8(12)13)6-9(7)3-1-2-4-9/h7,11H,1-6H2,(H,12,13).